The van der Waals surface area contributed by atoms with Crippen LogP contribution in [0.25, 0.3) is 0 Å². The van der Waals surface area contributed by atoms with Gasteiger partial charge >= 0.3 is 5.97 Å². The Labute approximate surface area is 138 Å². The fourth-order valence-corrected chi connectivity index (χ4v) is 3.32. The number of carbonyl (C=O) groups excluding carboxylic acids is 2. The number of thiophene rings is 1. The van der Waals surface area contributed by atoms with Crippen LogP contribution in [0.15, 0.2) is 42.0 Å². The quantitative estimate of drug-likeness (QED) is 0.855. The lowest BCUT2D eigenvalue weighted by atomic mass is 10.1. The van der Waals surface area contributed by atoms with Crippen molar-refractivity contribution in [2.75, 3.05) is 0 Å². The molecule has 23 heavy (non-hydrogen) atoms. The Morgan fingerprint density at radius 2 is 2.09 bits per heavy atom. The molecule has 0 bridgehead atoms. The first-order chi connectivity index (χ1) is 11.2. The van der Waals surface area contributed by atoms with Gasteiger partial charge < -0.3 is 10.1 Å². The average Bonchev–Trinajstić information content (AvgIpc) is 3.26. The van der Waals surface area contributed by atoms with Crippen molar-refractivity contribution in [2.45, 2.75) is 37.8 Å². The van der Waals surface area contributed by atoms with E-state index in [9.17, 15) is 9.59 Å². The van der Waals surface area contributed by atoms with E-state index >= 15 is 0 Å². The maximum absolute atomic E-state index is 12.6. The van der Waals surface area contributed by atoms with E-state index in [0.717, 1.165) is 25.7 Å². The molecule has 3 rings (SSSR count). The number of hydrogen-bond donors (Lipinski definition) is 1. The van der Waals surface area contributed by atoms with E-state index < -0.39 is 12.1 Å². The van der Waals surface area contributed by atoms with Crippen molar-refractivity contribution in [1.29, 1.82) is 0 Å². The summed E-state index contributed by atoms with van der Waals surface area (Å²) in [6, 6.07) is 7.10. The predicted molar refractivity (Wildman–Crippen MR) is 87.1 cm³/mol. The molecule has 0 unspecified atom stereocenters. The highest BCUT2D eigenvalue weighted by Crippen LogP contribution is 2.23. The van der Waals surface area contributed by atoms with Crippen LogP contribution in [0.2, 0.25) is 0 Å². The number of aromatic nitrogens is 1. The van der Waals surface area contributed by atoms with Crippen LogP contribution in [-0.4, -0.2) is 22.9 Å². The second-order valence-corrected chi connectivity index (χ2v) is 6.49. The molecule has 1 saturated carbocycles. The van der Waals surface area contributed by atoms with Gasteiger partial charge in [0.05, 0.1) is 0 Å². The molecule has 0 radical (unpaired) electrons. The Balaban J connectivity index is 1.76. The Kier molecular flexibility index (Phi) is 5.02. The molecule has 0 saturated heterocycles. The second-order valence-electron chi connectivity index (χ2n) is 5.54. The third-order valence-electron chi connectivity index (χ3n) is 3.87. The average molecular weight is 330 g/mol. The van der Waals surface area contributed by atoms with Crippen LogP contribution < -0.4 is 5.32 Å². The van der Waals surface area contributed by atoms with Crippen LogP contribution in [0.4, 0.5) is 0 Å². The third kappa shape index (κ3) is 3.96. The summed E-state index contributed by atoms with van der Waals surface area (Å²) in [5.41, 5.74) is 0.577. The molecule has 1 fully saturated rings. The number of nitrogens with one attached hydrogen (secondary N) is 1. The van der Waals surface area contributed by atoms with Crippen molar-refractivity contribution in [3.05, 3.63) is 52.5 Å². The van der Waals surface area contributed by atoms with E-state index in [-0.39, 0.29) is 11.9 Å². The van der Waals surface area contributed by atoms with Gasteiger partial charge in [-0.15, -0.1) is 11.3 Å². The largest absolute Gasteiger partial charge is 0.443 e. The molecule has 1 aliphatic carbocycles. The standard InChI is InChI=1S/C17H18N2O3S/c20-16(19-13-6-1-2-7-13)15(12-5-3-9-18-11-12)22-17(21)14-8-4-10-23-14/h3-5,8-11,13,15H,1-2,6-7H2,(H,19,20)/t15-/m1/s1. The summed E-state index contributed by atoms with van der Waals surface area (Å²) >= 11 is 1.29. The molecule has 6 heteroatoms. The van der Waals surface area contributed by atoms with Crippen molar-refractivity contribution in [2.24, 2.45) is 0 Å². The zero-order chi connectivity index (χ0) is 16.1. The number of rotatable bonds is 5. The van der Waals surface area contributed by atoms with Gasteiger partial charge in [-0.05, 0) is 30.4 Å². The summed E-state index contributed by atoms with van der Waals surface area (Å²) in [5, 5.41) is 4.79. The highest BCUT2D eigenvalue weighted by atomic mass is 32.1. The van der Waals surface area contributed by atoms with Gasteiger partial charge in [-0.3, -0.25) is 9.78 Å². The topological polar surface area (TPSA) is 68.3 Å². The van der Waals surface area contributed by atoms with Crippen LogP contribution in [0, 0.1) is 0 Å². The SMILES string of the molecule is O=C(O[C@@H](C(=O)NC1CCCC1)c1cccnc1)c1cccs1. The maximum atomic E-state index is 12.6. The molecular weight excluding hydrogens is 312 g/mol. The van der Waals surface area contributed by atoms with Crippen molar-refractivity contribution in [3.63, 3.8) is 0 Å². The molecule has 2 heterocycles. The maximum Gasteiger partial charge on any atom is 0.349 e. The van der Waals surface area contributed by atoms with Gasteiger partial charge in [0.25, 0.3) is 5.91 Å². The minimum atomic E-state index is -0.973. The first kappa shape index (κ1) is 15.7. The third-order valence-corrected chi connectivity index (χ3v) is 4.72. The van der Waals surface area contributed by atoms with E-state index in [4.69, 9.17) is 4.74 Å². The second kappa shape index (κ2) is 7.37. The number of carbonyl (C=O) groups is 2. The zero-order valence-electron chi connectivity index (χ0n) is 12.6. The summed E-state index contributed by atoms with van der Waals surface area (Å²) in [6.07, 6.45) is 6.40. The number of hydrogen-bond acceptors (Lipinski definition) is 5. The Bertz CT molecular complexity index is 652. The molecule has 1 N–H and O–H groups in total. The molecule has 0 spiro atoms. The normalized spacial score (nSPS) is 16.0. The summed E-state index contributed by atoms with van der Waals surface area (Å²) in [5.74, 6) is -0.773. The Morgan fingerprint density at radius 3 is 2.74 bits per heavy atom. The lowest BCUT2D eigenvalue weighted by Gasteiger charge is -2.20. The number of esters is 1. The number of ether oxygens (including phenoxy) is 1. The van der Waals surface area contributed by atoms with Crippen LogP contribution in [0.1, 0.15) is 47.0 Å². The van der Waals surface area contributed by atoms with Gasteiger partial charge in [-0.25, -0.2) is 4.79 Å². The van der Waals surface area contributed by atoms with E-state index in [1.165, 1.54) is 11.3 Å². The van der Waals surface area contributed by atoms with Gasteiger partial charge in [0.15, 0.2) is 0 Å². The van der Waals surface area contributed by atoms with Gasteiger partial charge in [-0.2, -0.15) is 0 Å². The van der Waals surface area contributed by atoms with E-state index in [1.807, 2.05) is 0 Å². The van der Waals surface area contributed by atoms with Crippen LogP contribution >= 0.6 is 11.3 Å². The first-order valence-corrected chi connectivity index (χ1v) is 8.57. The molecular formula is C17H18N2O3S. The highest BCUT2D eigenvalue weighted by Gasteiger charge is 2.28. The molecule has 2 aromatic heterocycles. The Morgan fingerprint density at radius 1 is 1.26 bits per heavy atom. The first-order valence-electron chi connectivity index (χ1n) is 7.69. The summed E-state index contributed by atoms with van der Waals surface area (Å²) in [4.78, 5) is 29.3. The number of pyridine rings is 1. The molecule has 0 aromatic carbocycles. The number of nitrogens with zero attached hydrogens (tertiary/aromatic N) is 1. The van der Waals surface area contributed by atoms with Gasteiger partial charge in [0, 0.05) is 24.0 Å². The summed E-state index contributed by atoms with van der Waals surface area (Å²) < 4.78 is 5.47. The summed E-state index contributed by atoms with van der Waals surface area (Å²) in [7, 11) is 0. The molecule has 1 amide bonds. The minimum absolute atomic E-state index is 0.169. The van der Waals surface area contributed by atoms with Crippen molar-refractivity contribution in [3.8, 4) is 0 Å². The van der Waals surface area contributed by atoms with Crippen molar-refractivity contribution < 1.29 is 14.3 Å². The molecule has 5 nitrogen and oxygen atoms in total. The predicted octanol–water partition coefficient (Wildman–Crippen LogP) is 3.10. The van der Waals surface area contributed by atoms with E-state index in [1.54, 1.807) is 42.0 Å². The Hall–Kier alpha value is -2.21. The molecule has 1 atom stereocenters. The molecule has 1 aliphatic rings. The summed E-state index contributed by atoms with van der Waals surface area (Å²) in [6.45, 7) is 0. The smallest absolute Gasteiger partial charge is 0.349 e. The van der Waals surface area contributed by atoms with Crippen LogP contribution in [0.5, 0.6) is 0 Å². The van der Waals surface area contributed by atoms with Crippen LogP contribution in [-0.2, 0) is 9.53 Å². The highest BCUT2D eigenvalue weighted by molar-refractivity contribution is 7.11. The fraction of sp³-hybridized carbons (Fsp3) is 0.353. The van der Waals surface area contributed by atoms with Gasteiger partial charge in [-0.1, -0.05) is 25.0 Å². The van der Waals surface area contributed by atoms with E-state index in [2.05, 4.69) is 10.3 Å². The monoisotopic (exact) mass is 330 g/mol. The van der Waals surface area contributed by atoms with E-state index in [0.29, 0.717) is 10.4 Å². The molecule has 120 valence electrons. The lowest BCUT2D eigenvalue weighted by Crippen LogP contribution is -2.38. The van der Waals surface area contributed by atoms with Crippen molar-refractivity contribution >= 4 is 23.2 Å². The fourth-order valence-electron chi connectivity index (χ4n) is 2.71. The van der Waals surface area contributed by atoms with Crippen LogP contribution in [0.3, 0.4) is 0 Å². The minimum Gasteiger partial charge on any atom is -0.443 e. The van der Waals surface area contributed by atoms with Gasteiger partial charge in [0.2, 0.25) is 6.10 Å². The zero-order valence-corrected chi connectivity index (χ0v) is 13.4. The lowest BCUT2D eigenvalue weighted by molar-refractivity contribution is -0.131. The molecule has 0 aliphatic heterocycles. The van der Waals surface area contributed by atoms with Crippen molar-refractivity contribution in [1.82, 2.24) is 10.3 Å². The van der Waals surface area contributed by atoms with Gasteiger partial charge in [0.1, 0.15) is 4.88 Å². The number of amides is 1. The molecule has 2 aromatic rings.